The van der Waals surface area contributed by atoms with Gasteiger partial charge in [0.1, 0.15) is 5.76 Å². The summed E-state index contributed by atoms with van der Waals surface area (Å²) in [6.45, 7) is 7.71. The number of carbonyl (C=O) groups is 2. The Morgan fingerprint density at radius 1 is 1.00 bits per heavy atom. The molecule has 188 valence electrons. The molecule has 0 aliphatic carbocycles. The Balaban J connectivity index is 1.58. The Hall–Kier alpha value is -4.22. The first-order chi connectivity index (χ1) is 17.8. The fourth-order valence-electron chi connectivity index (χ4n) is 4.12. The first kappa shape index (κ1) is 25.9. The number of para-hydroxylation sites is 1. The molecule has 0 saturated heterocycles. The molecule has 1 atom stereocenters. The molecule has 3 N–H and O–H groups in total. The van der Waals surface area contributed by atoms with Gasteiger partial charge in [-0.05, 0) is 74.7 Å². The third-order valence-electron chi connectivity index (χ3n) is 6.25. The lowest BCUT2D eigenvalue weighted by atomic mass is 9.85. The van der Waals surface area contributed by atoms with Crippen LogP contribution in [0, 0.1) is 32.1 Å². The highest BCUT2D eigenvalue weighted by atomic mass is 32.2. The number of hydrogen-bond acceptors (Lipinski definition) is 6. The molecule has 0 spiro atoms. The normalized spacial score (nSPS) is 15.2. The van der Waals surface area contributed by atoms with Crippen LogP contribution in [0.3, 0.4) is 0 Å². The molecule has 0 bridgehead atoms. The molecule has 0 fully saturated rings. The summed E-state index contributed by atoms with van der Waals surface area (Å²) in [5, 5.41) is 19.7. The summed E-state index contributed by atoms with van der Waals surface area (Å²) in [6.07, 6.45) is 1.52. The Bertz CT molecular complexity index is 1450. The van der Waals surface area contributed by atoms with Gasteiger partial charge in [-0.15, -0.1) is 0 Å². The van der Waals surface area contributed by atoms with Crippen molar-refractivity contribution in [3.8, 4) is 6.07 Å². The number of nitriles is 1. The van der Waals surface area contributed by atoms with Gasteiger partial charge in [0, 0.05) is 17.1 Å². The topological polar surface area (TPSA) is 107 Å². The number of allylic oxidation sites excluding steroid dienone is 2. The fraction of sp³-hybridized carbons (Fsp3) is 0.207. The molecular formula is C29H28N4O3S. The number of rotatable bonds is 7. The summed E-state index contributed by atoms with van der Waals surface area (Å²) < 4.78 is 5.67. The monoisotopic (exact) mass is 512 g/mol. The maximum absolute atomic E-state index is 13.5. The SMILES string of the molecule is CC1=C(C(=O)Nc2ccccc2C)[C@H](c2ccco2)C(C#N)=C(SCC(=O)Nc2ccc(C)c(C)c2)N1. The second-order valence-corrected chi connectivity index (χ2v) is 9.86. The molecule has 7 nitrogen and oxygen atoms in total. The van der Waals surface area contributed by atoms with Gasteiger partial charge in [-0.3, -0.25) is 9.59 Å². The van der Waals surface area contributed by atoms with Crippen LogP contribution in [0.4, 0.5) is 11.4 Å². The molecule has 0 unspecified atom stereocenters. The Morgan fingerprint density at radius 3 is 2.46 bits per heavy atom. The van der Waals surface area contributed by atoms with Crippen LogP contribution in [0.25, 0.3) is 0 Å². The lowest BCUT2D eigenvalue weighted by molar-refractivity contribution is -0.114. The van der Waals surface area contributed by atoms with Gasteiger partial charge in [-0.25, -0.2) is 0 Å². The van der Waals surface area contributed by atoms with Gasteiger partial charge in [0.25, 0.3) is 5.91 Å². The summed E-state index contributed by atoms with van der Waals surface area (Å²) in [5.41, 5.74) is 5.87. The molecule has 2 aromatic carbocycles. The molecule has 8 heteroatoms. The molecule has 1 aliphatic heterocycles. The number of nitrogens with one attached hydrogen (secondary N) is 3. The van der Waals surface area contributed by atoms with E-state index in [9.17, 15) is 14.9 Å². The lowest BCUT2D eigenvalue weighted by Gasteiger charge is -2.28. The maximum Gasteiger partial charge on any atom is 0.254 e. The fourth-order valence-corrected chi connectivity index (χ4v) is 5.02. The summed E-state index contributed by atoms with van der Waals surface area (Å²) >= 11 is 1.22. The lowest BCUT2D eigenvalue weighted by Crippen LogP contribution is -2.31. The van der Waals surface area contributed by atoms with E-state index in [0.717, 1.165) is 22.4 Å². The van der Waals surface area contributed by atoms with E-state index in [0.29, 0.717) is 33.3 Å². The van der Waals surface area contributed by atoms with Gasteiger partial charge in [0.15, 0.2) is 0 Å². The average Bonchev–Trinajstić information content (AvgIpc) is 3.40. The van der Waals surface area contributed by atoms with E-state index in [2.05, 4.69) is 22.0 Å². The molecular weight excluding hydrogens is 484 g/mol. The molecule has 0 saturated carbocycles. The minimum Gasteiger partial charge on any atom is -0.468 e. The van der Waals surface area contributed by atoms with Gasteiger partial charge in [0.2, 0.25) is 5.91 Å². The minimum atomic E-state index is -0.712. The van der Waals surface area contributed by atoms with Crippen molar-refractivity contribution in [3.05, 3.63) is 105 Å². The number of hydrogen-bond donors (Lipinski definition) is 3. The zero-order chi connectivity index (χ0) is 26.5. The highest BCUT2D eigenvalue weighted by molar-refractivity contribution is 8.03. The quantitative estimate of drug-likeness (QED) is 0.363. The average molecular weight is 513 g/mol. The zero-order valence-electron chi connectivity index (χ0n) is 21.1. The molecule has 1 aromatic heterocycles. The smallest absolute Gasteiger partial charge is 0.254 e. The molecule has 37 heavy (non-hydrogen) atoms. The third kappa shape index (κ3) is 5.79. The first-order valence-electron chi connectivity index (χ1n) is 11.8. The summed E-state index contributed by atoms with van der Waals surface area (Å²) in [5.74, 6) is -0.673. The van der Waals surface area contributed by atoms with Crippen molar-refractivity contribution in [1.82, 2.24) is 5.32 Å². The summed E-state index contributed by atoms with van der Waals surface area (Å²) in [6, 6.07) is 19.0. The van der Waals surface area contributed by atoms with Crippen molar-refractivity contribution in [1.29, 1.82) is 5.26 Å². The van der Waals surface area contributed by atoms with Crippen molar-refractivity contribution >= 4 is 35.0 Å². The van der Waals surface area contributed by atoms with Crippen molar-refractivity contribution in [2.75, 3.05) is 16.4 Å². The summed E-state index contributed by atoms with van der Waals surface area (Å²) in [7, 11) is 0. The van der Waals surface area contributed by atoms with E-state index in [4.69, 9.17) is 4.42 Å². The van der Waals surface area contributed by atoms with E-state index in [1.807, 2.05) is 63.2 Å². The number of carbonyl (C=O) groups excluding carboxylic acids is 2. The number of nitrogens with zero attached hydrogens (tertiary/aromatic N) is 1. The van der Waals surface area contributed by atoms with E-state index >= 15 is 0 Å². The zero-order valence-corrected chi connectivity index (χ0v) is 22.0. The number of furan rings is 1. The third-order valence-corrected chi connectivity index (χ3v) is 7.27. The number of anilines is 2. The standard InChI is InChI=1S/C29H28N4O3S/c1-17-11-12-21(14-19(17)3)32-25(34)16-37-29-22(15-30)27(24-10-7-13-36-24)26(20(4)31-29)28(35)33-23-9-6-5-8-18(23)2/h5-14,27,31H,16H2,1-4H3,(H,32,34)(H,33,35)/t27-/m0/s1. The van der Waals surface area contributed by atoms with Crippen molar-refractivity contribution in [2.24, 2.45) is 0 Å². The Morgan fingerprint density at radius 2 is 1.78 bits per heavy atom. The highest BCUT2D eigenvalue weighted by Gasteiger charge is 2.36. The van der Waals surface area contributed by atoms with E-state index < -0.39 is 5.92 Å². The highest BCUT2D eigenvalue weighted by Crippen LogP contribution is 2.41. The van der Waals surface area contributed by atoms with Gasteiger partial charge in [-0.2, -0.15) is 5.26 Å². The first-order valence-corrected chi connectivity index (χ1v) is 12.8. The second-order valence-electron chi connectivity index (χ2n) is 8.87. The predicted molar refractivity (Wildman–Crippen MR) is 147 cm³/mol. The Labute approximate surface area is 220 Å². The second kappa shape index (κ2) is 11.2. The van der Waals surface area contributed by atoms with Gasteiger partial charge in [0.05, 0.1) is 40.2 Å². The van der Waals surface area contributed by atoms with Gasteiger partial charge >= 0.3 is 0 Å². The van der Waals surface area contributed by atoms with Crippen LogP contribution in [0.1, 0.15) is 35.3 Å². The van der Waals surface area contributed by atoms with Crippen molar-refractivity contribution in [2.45, 2.75) is 33.6 Å². The van der Waals surface area contributed by atoms with Crippen LogP contribution in [0.15, 0.2) is 87.1 Å². The van der Waals surface area contributed by atoms with Gasteiger partial charge in [-0.1, -0.05) is 36.0 Å². The van der Waals surface area contributed by atoms with Crippen LogP contribution in [0.2, 0.25) is 0 Å². The van der Waals surface area contributed by atoms with Crippen LogP contribution < -0.4 is 16.0 Å². The number of benzene rings is 2. The maximum atomic E-state index is 13.5. The molecule has 4 rings (SSSR count). The largest absolute Gasteiger partial charge is 0.468 e. The van der Waals surface area contributed by atoms with E-state index in [1.165, 1.54) is 18.0 Å². The summed E-state index contributed by atoms with van der Waals surface area (Å²) in [4.78, 5) is 26.2. The molecule has 0 radical (unpaired) electrons. The van der Waals surface area contributed by atoms with Crippen LogP contribution in [-0.2, 0) is 9.59 Å². The number of thioether (sulfide) groups is 1. The van der Waals surface area contributed by atoms with Crippen molar-refractivity contribution < 1.29 is 14.0 Å². The van der Waals surface area contributed by atoms with Gasteiger partial charge < -0.3 is 20.4 Å². The minimum absolute atomic E-state index is 0.0866. The molecule has 1 aliphatic rings. The number of dihydropyridines is 1. The predicted octanol–water partition coefficient (Wildman–Crippen LogP) is 5.91. The van der Waals surface area contributed by atoms with Crippen LogP contribution in [0.5, 0.6) is 0 Å². The number of aryl methyl sites for hydroxylation is 3. The molecule has 2 amide bonds. The number of amides is 2. The van der Waals surface area contributed by atoms with E-state index in [-0.39, 0.29) is 17.6 Å². The van der Waals surface area contributed by atoms with Crippen molar-refractivity contribution in [3.63, 3.8) is 0 Å². The van der Waals surface area contributed by atoms with E-state index in [1.54, 1.807) is 19.1 Å². The van der Waals surface area contributed by atoms with Crippen LogP contribution >= 0.6 is 11.8 Å². The molecule has 3 aromatic rings. The van der Waals surface area contributed by atoms with Crippen LogP contribution in [-0.4, -0.2) is 17.6 Å². The Kier molecular flexibility index (Phi) is 7.85. The molecule has 2 heterocycles.